The first-order chi connectivity index (χ1) is 41.1. The lowest BCUT2D eigenvalue weighted by Crippen LogP contribution is -2.15. The summed E-state index contributed by atoms with van der Waals surface area (Å²) >= 11 is 2.84. The van der Waals surface area contributed by atoms with Gasteiger partial charge in [0.1, 0.15) is 44.4 Å². The van der Waals surface area contributed by atoms with Crippen molar-refractivity contribution in [3.8, 4) is 23.0 Å². The van der Waals surface area contributed by atoms with Crippen molar-refractivity contribution in [2.75, 3.05) is 36.2 Å². The summed E-state index contributed by atoms with van der Waals surface area (Å²) in [4.78, 5) is 15.0. The summed E-state index contributed by atoms with van der Waals surface area (Å²) < 4.78 is 92.3. The first-order valence-electron chi connectivity index (χ1n) is 29.8. The molecule has 0 fully saturated rings. The summed E-state index contributed by atoms with van der Waals surface area (Å²) in [6.07, 6.45) is 23.9. The van der Waals surface area contributed by atoms with Crippen LogP contribution in [0.4, 0.5) is 50.0 Å². The maximum atomic E-state index is 14.5. The second-order valence-corrected chi connectivity index (χ2v) is 22.5. The number of nitrogens with zero attached hydrogens (tertiary/aromatic N) is 4. The highest BCUT2D eigenvalue weighted by Crippen LogP contribution is 2.43. The van der Waals surface area contributed by atoms with E-state index in [1.54, 1.807) is 12.2 Å². The number of benzene rings is 4. The van der Waals surface area contributed by atoms with Crippen LogP contribution in [0.2, 0.25) is 0 Å². The van der Waals surface area contributed by atoms with Crippen LogP contribution in [0.5, 0.6) is 23.0 Å². The molecule has 2 aromatic heterocycles. The molecular weight excluding hydrogens is 1110 g/mol. The number of allylic oxidation sites excluding steroid dienone is 4. The molecule has 0 aliphatic carbocycles. The van der Waals surface area contributed by atoms with Crippen LogP contribution >= 0.6 is 22.7 Å². The van der Waals surface area contributed by atoms with Gasteiger partial charge in [-0.3, -0.25) is 0 Å². The van der Waals surface area contributed by atoms with E-state index in [-0.39, 0.29) is 11.4 Å². The maximum Gasteiger partial charge on any atom is 0.796 e. The summed E-state index contributed by atoms with van der Waals surface area (Å²) in [6.45, 7) is 11.3. The summed E-state index contributed by atoms with van der Waals surface area (Å²) in [5, 5.41) is 1.66. The van der Waals surface area contributed by atoms with Crippen LogP contribution in [0.1, 0.15) is 140 Å². The number of hydrogen-bond acceptors (Lipinski definition) is 12. The second-order valence-electron chi connectivity index (χ2n) is 20.4. The zero-order valence-corrected chi connectivity index (χ0v) is 50.4. The van der Waals surface area contributed by atoms with Crippen LogP contribution in [-0.2, 0) is 9.31 Å². The molecule has 18 heteroatoms. The third-order valence-corrected chi connectivity index (χ3v) is 16.1. The molecule has 6 aromatic rings. The van der Waals surface area contributed by atoms with Crippen molar-refractivity contribution in [2.24, 2.45) is 9.98 Å². The predicted octanol–water partition coefficient (Wildman–Crippen LogP) is 20.3. The van der Waals surface area contributed by atoms with Gasteiger partial charge in [-0.05, 0) is 171 Å². The molecule has 0 radical (unpaired) electrons. The highest BCUT2D eigenvalue weighted by Gasteiger charge is 2.33. The lowest BCUT2D eigenvalue weighted by Gasteiger charge is -2.24. The van der Waals surface area contributed by atoms with E-state index in [2.05, 4.69) is 37.5 Å². The van der Waals surface area contributed by atoms with Crippen LogP contribution in [0.25, 0.3) is 0 Å². The molecular formula is C66H76B2F4N4O6S2. The number of unbranched alkanes of at least 4 members (excludes halogenated alkanes) is 12. The molecule has 0 spiro atoms. The van der Waals surface area contributed by atoms with Crippen molar-refractivity contribution in [1.29, 1.82) is 0 Å². The van der Waals surface area contributed by atoms with Crippen molar-refractivity contribution >= 4 is 81.8 Å². The summed E-state index contributed by atoms with van der Waals surface area (Å²) in [5.74, 6) is 1.74. The molecule has 10 nitrogen and oxygen atoms in total. The third kappa shape index (κ3) is 18.4. The van der Waals surface area contributed by atoms with Crippen LogP contribution in [-0.4, -0.2) is 52.8 Å². The first-order valence-corrected chi connectivity index (χ1v) is 31.4. The van der Waals surface area contributed by atoms with E-state index in [4.69, 9.17) is 38.2 Å². The normalized spacial score (nSPS) is 13.8. The molecule has 0 saturated carbocycles. The van der Waals surface area contributed by atoms with E-state index in [1.807, 2.05) is 121 Å². The minimum Gasteiger partial charge on any atom is -0.501 e. The van der Waals surface area contributed by atoms with Crippen molar-refractivity contribution in [2.45, 2.75) is 130 Å². The lowest BCUT2D eigenvalue weighted by atomic mass is 10.2. The predicted molar refractivity (Wildman–Crippen MR) is 340 cm³/mol. The molecule has 0 N–H and O–H groups in total. The quantitative estimate of drug-likeness (QED) is 0.0165. The van der Waals surface area contributed by atoms with Gasteiger partial charge in [0, 0.05) is 22.7 Å². The standard InChI is InChI=1S/C66H76B2F4N4O6S2/c1-5-9-13-17-45-77-53-29-21-49(22-30-53)75(50-23-31-54(32-24-50)78-46-18-14-10-6-2)63-43-41-61(83-63)57-37-39-59(73-57)65(81-67(69)70)66(82-68(71)72)60-40-38-58(74-60)62-42-44-64(84-62)76(51-25-33-55(34-26-51)79-47-19-15-11-7-3)52-27-35-56(36-28-52)80-48-20-16-12-8-4/h21-44H,5-20,45-48H2,1-4H3/b65-59-,66-60+. The van der Waals surface area contributed by atoms with E-state index >= 15 is 0 Å². The Morgan fingerprint density at radius 3 is 0.917 bits per heavy atom. The number of anilines is 6. The Kier molecular flexibility index (Phi) is 25.0. The molecule has 0 unspecified atom stereocenters. The SMILES string of the molecule is CCCCCCOc1ccc(N(c2ccc(OCCCCCC)cc2)c2ccc(C3=N/C(=C(OB(F)F)/C(OB(F)F)=C4/C=CC(c5ccc(N(c6ccc(OCCCCCC)cc6)c6ccc(OCCCCCC)cc6)s5)=N4)C=C3)s2)cc1. The van der Waals surface area contributed by atoms with E-state index in [0.29, 0.717) is 47.6 Å². The van der Waals surface area contributed by atoms with Crippen LogP contribution in [0, 0.1) is 0 Å². The zero-order valence-electron chi connectivity index (χ0n) is 48.7. The fourth-order valence-electron chi connectivity index (χ4n) is 9.51. The Morgan fingerprint density at radius 2 is 0.655 bits per heavy atom. The molecule has 0 atom stereocenters. The Labute approximate surface area is 502 Å². The summed E-state index contributed by atoms with van der Waals surface area (Å²) in [6, 6.07) is 39.4. The van der Waals surface area contributed by atoms with Gasteiger partial charge in [-0.2, -0.15) is 0 Å². The summed E-state index contributed by atoms with van der Waals surface area (Å²) in [7, 11) is -6.82. The van der Waals surface area contributed by atoms with Gasteiger partial charge in [-0.1, -0.05) is 105 Å². The van der Waals surface area contributed by atoms with E-state index in [9.17, 15) is 17.3 Å². The van der Waals surface area contributed by atoms with Gasteiger partial charge in [-0.25, -0.2) is 27.2 Å². The smallest absolute Gasteiger partial charge is 0.501 e. The van der Waals surface area contributed by atoms with Crippen molar-refractivity contribution < 1.29 is 45.5 Å². The Balaban J connectivity index is 1.07. The molecule has 0 bridgehead atoms. The van der Waals surface area contributed by atoms with Gasteiger partial charge in [0.25, 0.3) is 0 Å². The fraction of sp³-hybridized carbons (Fsp3) is 0.364. The van der Waals surface area contributed by atoms with Gasteiger partial charge in [-0.15, -0.1) is 22.7 Å². The average Bonchev–Trinajstić information content (AvgIpc) is 4.25. The van der Waals surface area contributed by atoms with Gasteiger partial charge in [0.2, 0.25) is 0 Å². The molecule has 84 heavy (non-hydrogen) atoms. The minimum absolute atomic E-state index is 0.136. The second kappa shape index (κ2) is 33.4. The maximum absolute atomic E-state index is 14.5. The molecule has 0 amide bonds. The number of thiophene rings is 2. The Bertz CT molecular complexity index is 2840. The van der Waals surface area contributed by atoms with Crippen LogP contribution in [0.3, 0.4) is 0 Å². The summed E-state index contributed by atoms with van der Waals surface area (Å²) in [5.41, 5.74) is 4.05. The molecule has 8 rings (SSSR count). The number of rotatable bonds is 37. The Morgan fingerprint density at radius 1 is 0.369 bits per heavy atom. The van der Waals surface area contributed by atoms with Crippen molar-refractivity contribution in [3.05, 3.63) is 178 Å². The number of aliphatic imine (C=N–C) groups is 2. The fourth-order valence-corrected chi connectivity index (χ4v) is 11.5. The Hall–Kier alpha value is -7.17. The number of ether oxygens (including phenoxy) is 4. The van der Waals surface area contributed by atoms with Crippen molar-refractivity contribution in [3.63, 3.8) is 0 Å². The average molecular weight is 1180 g/mol. The highest BCUT2D eigenvalue weighted by molar-refractivity contribution is 7.18. The molecule has 4 heterocycles. The highest BCUT2D eigenvalue weighted by atomic mass is 32.1. The van der Waals surface area contributed by atoms with E-state index in [1.165, 1.54) is 60.5 Å². The lowest BCUT2D eigenvalue weighted by molar-refractivity contribution is 0.271. The van der Waals surface area contributed by atoms with Gasteiger partial charge in [0.15, 0.2) is 11.5 Å². The van der Waals surface area contributed by atoms with Gasteiger partial charge >= 0.3 is 14.9 Å². The number of halogens is 4. The topological polar surface area (TPSA) is 86.6 Å². The third-order valence-electron chi connectivity index (χ3n) is 13.9. The van der Waals surface area contributed by atoms with E-state index < -0.39 is 26.5 Å². The van der Waals surface area contributed by atoms with Crippen LogP contribution < -0.4 is 28.7 Å². The zero-order chi connectivity index (χ0) is 58.9. The first kappa shape index (κ1) is 62.9. The van der Waals surface area contributed by atoms with Gasteiger partial charge in [0.05, 0.1) is 47.6 Å². The molecule has 442 valence electrons. The molecule has 2 aliphatic rings. The monoisotopic (exact) mass is 1180 g/mol. The molecule has 4 aromatic carbocycles. The largest absolute Gasteiger partial charge is 0.796 e. The molecule has 0 saturated heterocycles. The minimum atomic E-state index is -3.41. The van der Waals surface area contributed by atoms with E-state index in [0.717, 1.165) is 133 Å². The van der Waals surface area contributed by atoms with Crippen LogP contribution in [0.15, 0.2) is 179 Å². The van der Waals surface area contributed by atoms with Crippen molar-refractivity contribution in [1.82, 2.24) is 0 Å². The number of hydrogen-bond donors (Lipinski definition) is 0. The van der Waals surface area contributed by atoms with Gasteiger partial charge < -0.3 is 38.1 Å². The molecule has 2 aliphatic heterocycles.